The average molecular weight is 353 g/mol. The molecule has 0 aliphatic carbocycles. The number of aliphatic hydroxyl groups excluding tert-OH is 1. The number of thioether (sulfide) groups is 1. The minimum absolute atomic E-state index is 0.0732. The lowest BCUT2D eigenvalue weighted by Crippen LogP contribution is -2.33. The molecule has 0 saturated carbocycles. The van der Waals surface area contributed by atoms with Crippen molar-refractivity contribution in [1.29, 1.82) is 0 Å². The molecule has 0 radical (unpaired) electrons. The molecule has 2 atom stereocenters. The minimum atomic E-state index is -0.836. The van der Waals surface area contributed by atoms with Crippen molar-refractivity contribution in [2.75, 3.05) is 32.6 Å². The number of esters is 1. The van der Waals surface area contributed by atoms with Crippen molar-refractivity contribution in [2.45, 2.75) is 19.4 Å². The standard InChI is InChI=1S/C17H23NO5S/c1-3-22-15(19)10-12(16(20)17-18-8-9-24-17)11-23-14-7-5-4-6-13(14)21-2/h4-7,12,16,20H,3,8-11H2,1-2H3. The van der Waals surface area contributed by atoms with E-state index < -0.39 is 12.0 Å². The number of benzene rings is 1. The molecule has 1 aliphatic heterocycles. The molecule has 1 N–H and O–H groups in total. The molecule has 0 spiro atoms. The molecule has 7 heteroatoms. The predicted octanol–water partition coefficient (Wildman–Crippen LogP) is 2.15. The van der Waals surface area contributed by atoms with Gasteiger partial charge in [0, 0.05) is 18.2 Å². The Kier molecular flexibility index (Phi) is 7.39. The minimum Gasteiger partial charge on any atom is -0.493 e. The van der Waals surface area contributed by atoms with E-state index in [1.807, 2.05) is 12.1 Å². The van der Waals surface area contributed by atoms with Gasteiger partial charge in [0.1, 0.15) is 6.10 Å². The van der Waals surface area contributed by atoms with Crippen LogP contribution in [0.1, 0.15) is 13.3 Å². The van der Waals surface area contributed by atoms with E-state index in [2.05, 4.69) is 4.99 Å². The molecule has 1 aromatic carbocycles. The fourth-order valence-corrected chi connectivity index (χ4v) is 3.30. The number of ether oxygens (including phenoxy) is 3. The van der Waals surface area contributed by atoms with Crippen LogP contribution in [0.25, 0.3) is 0 Å². The average Bonchev–Trinajstić information content (AvgIpc) is 3.13. The first-order chi connectivity index (χ1) is 11.7. The quantitative estimate of drug-likeness (QED) is 0.686. The molecule has 1 heterocycles. The first kappa shape index (κ1) is 18.6. The highest BCUT2D eigenvalue weighted by Crippen LogP contribution is 2.28. The fraction of sp³-hybridized carbons (Fsp3) is 0.529. The molecule has 2 unspecified atom stereocenters. The Morgan fingerprint density at radius 1 is 1.38 bits per heavy atom. The summed E-state index contributed by atoms with van der Waals surface area (Å²) in [5.74, 6) is 1.25. The summed E-state index contributed by atoms with van der Waals surface area (Å²) in [6, 6.07) is 7.27. The van der Waals surface area contributed by atoms with Gasteiger partial charge in [0.2, 0.25) is 0 Å². The second-order valence-corrected chi connectivity index (χ2v) is 6.36. The lowest BCUT2D eigenvalue weighted by atomic mass is 10.00. The largest absolute Gasteiger partial charge is 0.493 e. The van der Waals surface area contributed by atoms with Gasteiger partial charge >= 0.3 is 5.97 Å². The summed E-state index contributed by atoms with van der Waals surface area (Å²) in [6.07, 6.45) is -0.763. The van der Waals surface area contributed by atoms with E-state index in [1.54, 1.807) is 26.2 Å². The molecule has 1 aromatic rings. The van der Waals surface area contributed by atoms with Gasteiger partial charge in [0.15, 0.2) is 11.5 Å². The van der Waals surface area contributed by atoms with Crippen molar-refractivity contribution >= 4 is 22.8 Å². The summed E-state index contributed by atoms with van der Waals surface area (Å²) in [5, 5.41) is 11.2. The molecule has 0 bridgehead atoms. The smallest absolute Gasteiger partial charge is 0.306 e. The maximum atomic E-state index is 11.8. The van der Waals surface area contributed by atoms with Gasteiger partial charge in [-0.3, -0.25) is 9.79 Å². The zero-order valence-corrected chi connectivity index (χ0v) is 14.8. The van der Waals surface area contributed by atoms with Crippen molar-refractivity contribution in [3.05, 3.63) is 24.3 Å². The van der Waals surface area contributed by atoms with Crippen LogP contribution >= 0.6 is 11.8 Å². The molecule has 0 fully saturated rings. The van der Waals surface area contributed by atoms with Crippen molar-refractivity contribution in [1.82, 2.24) is 0 Å². The van der Waals surface area contributed by atoms with Crippen molar-refractivity contribution in [2.24, 2.45) is 10.9 Å². The summed E-state index contributed by atoms with van der Waals surface area (Å²) < 4.78 is 16.0. The topological polar surface area (TPSA) is 77.4 Å². The Labute approximate surface area is 146 Å². The number of aliphatic hydroxyl groups is 1. The summed E-state index contributed by atoms with van der Waals surface area (Å²) in [5.41, 5.74) is 0. The normalized spacial score (nSPS) is 16.2. The van der Waals surface area contributed by atoms with Gasteiger partial charge in [-0.25, -0.2) is 0 Å². The van der Waals surface area contributed by atoms with Gasteiger partial charge in [-0.15, -0.1) is 11.8 Å². The van der Waals surface area contributed by atoms with Gasteiger partial charge in [-0.05, 0) is 19.1 Å². The van der Waals surface area contributed by atoms with Crippen LogP contribution in [0, 0.1) is 5.92 Å². The number of methoxy groups -OCH3 is 1. The third-order valence-corrected chi connectivity index (χ3v) is 4.62. The van der Waals surface area contributed by atoms with E-state index in [1.165, 1.54) is 11.8 Å². The Morgan fingerprint density at radius 3 is 2.75 bits per heavy atom. The third-order valence-electron chi connectivity index (χ3n) is 3.56. The number of carbonyl (C=O) groups is 1. The summed E-state index contributed by atoms with van der Waals surface area (Å²) in [7, 11) is 1.57. The fourth-order valence-electron chi connectivity index (χ4n) is 2.36. The monoisotopic (exact) mass is 353 g/mol. The van der Waals surface area contributed by atoms with Gasteiger partial charge in [-0.2, -0.15) is 0 Å². The maximum absolute atomic E-state index is 11.8. The summed E-state index contributed by atoms with van der Waals surface area (Å²) in [6.45, 7) is 2.92. The number of para-hydroxylation sites is 2. The van der Waals surface area contributed by atoms with E-state index in [9.17, 15) is 9.90 Å². The Bertz CT molecular complexity index is 578. The number of aliphatic imine (C=N–C) groups is 1. The van der Waals surface area contributed by atoms with E-state index >= 15 is 0 Å². The predicted molar refractivity (Wildman–Crippen MR) is 94.0 cm³/mol. The van der Waals surface area contributed by atoms with Gasteiger partial charge in [0.25, 0.3) is 0 Å². The van der Waals surface area contributed by atoms with Crippen LogP contribution in [0.2, 0.25) is 0 Å². The molecular weight excluding hydrogens is 330 g/mol. The molecule has 1 aliphatic rings. The molecule has 132 valence electrons. The van der Waals surface area contributed by atoms with Gasteiger partial charge in [0.05, 0.1) is 31.8 Å². The Morgan fingerprint density at radius 2 is 2.12 bits per heavy atom. The molecule has 24 heavy (non-hydrogen) atoms. The lowest BCUT2D eigenvalue weighted by molar-refractivity contribution is -0.145. The second-order valence-electron chi connectivity index (χ2n) is 5.24. The van der Waals surface area contributed by atoms with Crippen LogP contribution in [-0.4, -0.2) is 54.8 Å². The highest BCUT2D eigenvalue weighted by atomic mass is 32.2. The number of hydrogen-bond acceptors (Lipinski definition) is 7. The Balaban J connectivity index is 2.05. The Hall–Kier alpha value is -1.73. The van der Waals surface area contributed by atoms with Crippen LogP contribution in [-0.2, 0) is 9.53 Å². The van der Waals surface area contributed by atoms with Gasteiger partial charge in [-0.1, -0.05) is 12.1 Å². The second kappa shape index (κ2) is 9.54. The molecule has 2 rings (SSSR count). The summed E-state index contributed by atoms with van der Waals surface area (Å²) in [4.78, 5) is 16.1. The SMILES string of the molecule is CCOC(=O)CC(COc1ccccc1OC)C(O)C1=NCCS1. The highest BCUT2D eigenvalue weighted by molar-refractivity contribution is 8.14. The number of hydrogen-bond donors (Lipinski definition) is 1. The number of rotatable bonds is 9. The van der Waals surface area contributed by atoms with Crippen LogP contribution in [0.5, 0.6) is 11.5 Å². The number of nitrogens with zero attached hydrogens (tertiary/aromatic N) is 1. The van der Waals surface area contributed by atoms with E-state index in [0.717, 1.165) is 5.75 Å². The van der Waals surface area contributed by atoms with Crippen molar-refractivity contribution < 1.29 is 24.1 Å². The summed E-state index contributed by atoms with van der Waals surface area (Å²) >= 11 is 1.52. The lowest BCUT2D eigenvalue weighted by Gasteiger charge is -2.22. The molecule has 0 saturated heterocycles. The molecular formula is C17H23NO5S. The van der Waals surface area contributed by atoms with E-state index in [0.29, 0.717) is 29.7 Å². The third kappa shape index (κ3) is 5.14. The van der Waals surface area contributed by atoms with E-state index in [4.69, 9.17) is 14.2 Å². The van der Waals surface area contributed by atoms with Gasteiger partial charge < -0.3 is 19.3 Å². The van der Waals surface area contributed by atoms with Crippen LogP contribution in [0.3, 0.4) is 0 Å². The van der Waals surface area contributed by atoms with Crippen LogP contribution in [0.15, 0.2) is 29.3 Å². The first-order valence-electron chi connectivity index (χ1n) is 7.92. The molecule has 0 amide bonds. The van der Waals surface area contributed by atoms with E-state index in [-0.39, 0.29) is 19.0 Å². The number of carbonyl (C=O) groups excluding carboxylic acids is 1. The highest BCUT2D eigenvalue weighted by Gasteiger charge is 2.29. The first-order valence-corrected chi connectivity index (χ1v) is 8.91. The van der Waals surface area contributed by atoms with Crippen LogP contribution < -0.4 is 9.47 Å². The molecule has 0 aromatic heterocycles. The van der Waals surface area contributed by atoms with Crippen molar-refractivity contribution in [3.8, 4) is 11.5 Å². The zero-order valence-electron chi connectivity index (χ0n) is 13.9. The zero-order chi connectivity index (χ0) is 17.4. The van der Waals surface area contributed by atoms with Crippen LogP contribution in [0.4, 0.5) is 0 Å². The maximum Gasteiger partial charge on any atom is 0.306 e. The van der Waals surface area contributed by atoms with Crippen molar-refractivity contribution in [3.63, 3.8) is 0 Å². The molecule has 6 nitrogen and oxygen atoms in total.